The van der Waals surface area contributed by atoms with Crippen molar-refractivity contribution in [3.63, 3.8) is 0 Å². The summed E-state index contributed by atoms with van der Waals surface area (Å²) in [5.41, 5.74) is 3.84. The Labute approximate surface area is 227 Å². The van der Waals surface area contributed by atoms with E-state index in [0.717, 1.165) is 28.3 Å². The molecule has 5 aromatic rings. The lowest BCUT2D eigenvalue weighted by Gasteiger charge is -2.17. The average molecular weight is 547 g/mol. The fourth-order valence-electron chi connectivity index (χ4n) is 4.62. The van der Waals surface area contributed by atoms with Gasteiger partial charge in [-0.3, -0.25) is 4.98 Å². The summed E-state index contributed by atoms with van der Waals surface area (Å²) in [6.45, 7) is 0.360. The third-order valence-corrected chi connectivity index (χ3v) is 6.76. The first-order valence-corrected chi connectivity index (χ1v) is 12.5. The van der Waals surface area contributed by atoms with E-state index in [1.54, 1.807) is 12.1 Å². The summed E-state index contributed by atoms with van der Waals surface area (Å²) in [6.07, 6.45) is -2.50. The number of nitrogens with zero attached hydrogens (tertiary/aromatic N) is 1. The summed E-state index contributed by atoms with van der Waals surface area (Å²) < 4.78 is 41.5. The highest BCUT2D eigenvalue weighted by Gasteiger charge is 2.33. The topological polar surface area (TPSA) is 62.2 Å². The van der Waals surface area contributed by atoms with E-state index in [4.69, 9.17) is 11.6 Å². The largest absolute Gasteiger partial charge is 0.478 e. The molecule has 0 fully saturated rings. The second kappa shape index (κ2) is 10.8. The summed E-state index contributed by atoms with van der Waals surface area (Å²) in [7, 11) is 0. The lowest BCUT2D eigenvalue weighted by molar-refractivity contribution is -0.136. The van der Waals surface area contributed by atoms with Gasteiger partial charge in [0, 0.05) is 23.8 Å². The number of fused-ring (bicyclic) bond motifs is 1. The molecule has 0 aliphatic heterocycles. The highest BCUT2D eigenvalue weighted by molar-refractivity contribution is 6.33. The quantitative estimate of drug-likeness (QED) is 0.215. The molecule has 5 rings (SSSR count). The van der Waals surface area contributed by atoms with Crippen molar-refractivity contribution in [3.8, 4) is 11.1 Å². The molecule has 1 aromatic heterocycles. The van der Waals surface area contributed by atoms with Crippen LogP contribution < -0.4 is 5.32 Å². The van der Waals surface area contributed by atoms with E-state index in [-0.39, 0.29) is 16.1 Å². The van der Waals surface area contributed by atoms with Crippen molar-refractivity contribution >= 4 is 34.2 Å². The fraction of sp³-hybridized carbons (Fsp3) is 0.0968. The predicted octanol–water partition coefficient (Wildman–Crippen LogP) is 8.48. The van der Waals surface area contributed by atoms with Gasteiger partial charge in [-0.25, -0.2) is 4.79 Å². The summed E-state index contributed by atoms with van der Waals surface area (Å²) in [5.74, 6) is -1.13. The van der Waals surface area contributed by atoms with Crippen molar-refractivity contribution in [3.05, 3.63) is 130 Å². The molecule has 0 amide bonds. The molecule has 0 aliphatic carbocycles. The van der Waals surface area contributed by atoms with Crippen LogP contribution in [0, 0.1) is 0 Å². The first-order chi connectivity index (χ1) is 18.7. The molecule has 0 unspecified atom stereocenters. The fourth-order valence-corrected chi connectivity index (χ4v) is 4.82. The normalized spacial score (nSPS) is 11.5. The van der Waals surface area contributed by atoms with Crippen molar-refractivity contribution in [2.24, 2.45) is 0 Å². The number of aromatic carboxylic acids is 1. The Bertz CT molecular complexity index is 1670. The van der Waals surface area contributed by atoms with E-state index in [1.807, 2.05) is 54.6 Å². The molecule has 4 nitrogen and oxygen atoms in total. The van der Waals surface area contributed by atoms with Crippen LogP contribution in [-0.2, 0) is 19.1 Å². The third-order valence-electron chi connectivity index (χ3n) is 6.43. The van der Waals surface area contributed by atoms with Crippen molar-refractivity contribution in [1.82, 2.24) is 4.98 Å². The number of rotatable bonds is 7. The molecule has 39 heavy (non-hydrogen) atoms. The van der Waals surface area contributed by atoms with Gasteiger partial charge in [-0.15, -0.1) is 0 Å². The van der Waals surface area contributed by atoms with Crippen molar-refractivity contribution in [2.75, 3.05) is 5.32 Å². The molecule has 196 valence electrons. The van der Waals surface area contributed by atoms with Gasteiger partial charge in [0.2, 0.25) is 0 Å². The van der Waals surface area contributed by atoms with Crippen LogP contribution in [-0.4, -0.2) is 16.1 Å². The van der Waals surface area contributed by atoms with Crippen LogP contribution in [0.25, 0.3) is 22.0 Å². The monoisotopic (exact) mass is 546 g/mol. The Kier molecular flexibility index (Phi) is 7.26. The molecule has 0 saturated heterocycles. The van der Waals surface area contributed by atoms with E-state index in [2.05, 4.69) is 10.3 Å². The maximum atomic E-state index is 13.8. The second-order valence-corrected chi connectivity index (χ2v) is 9.48. The van der Waals surface area contributed by atoms with E-state index < -0.39 is 17.7 Å². The number of anilines is 1. The predicted molar refractivity (Wildman–Crippen MR) is 147 cm³/mol. The number of pyridine rings is 1. The number of carbonyl (C=O) groups is 1. The maximum Gasteiger partial charge on any atom is 0.418 e. The molecular formula is C31H22ClF3N2O2. The Morgan fingerprint density at radius 2 is 1.64 bits per heavy atom. The molecule has 8 heteroatoms. The van der Waals surface area contributed by atoms with Crippen LogP contribution >= 0.6 is 11.6 Å². The van der Waals surface area contributed by atoms with E-state index >= 15 is 0 Å². The van der Waals surface area contributed by atoms with Gasteiger partial charge in [0.05, 0.1) is 21.7 Å². The molecule has 2 N–H and O–H groups in total. The highest BCUT2D eigenvalue weighted by atomic mass is 35.5. The standard InChI is InChI=1S/C31H22ClF3N2O2/c32-27-13-12-23(16-25(27)30(38)39)36-17-20-8-4-9-21(15-20)28-22(14-19-6-2-1-3-7-19)18-37-29-24(28)10-5-11-26(29)31(33,34)35/h1-13,15-16,18,36H,14,17H2,(H,38,39). The highest BCUT2D eigenvalue weighted by Crippen LogP contribution is 2.39. The van der Waals surface area contributed by atoms with Crippen LogP contribution in [0.15, 0.2) is 97.2 Å². The van der Waals surface area contributed by atoms with Gasteiger partial charge in [0.25, 0.3) is 0 Å². The van der Waals surface area contributed by atoms with E-state index in [9.17, 15) is 23.1 Å². The molecule has 0 spiro atoms. The molecule has 0 saturated carbocycles. The molecule has 0 aliphatic rings. The minimum atomic E-state index is -4.54. The molecular weight excluding hydrogens is 525 g/mol. The van der Waals surface area contributed by atoms with Crippen LogP contribution in [0.5, 0.6) is 0 Å². The van der Waals surface area contributed by atoms with E-state index in [1.165, 1.54) is 24.4 Å². The smallest absolute Gasteiger partial charge is 0.418 e. The number of alkyl halides is 3. The van der Waals surface area contributed by atoms with Crippen LogP contribution in [0.4, 0.5) is 18.9 Å². The summed E-state index contributed by atoms with van der Waals surface area (Å²) in [5, 5.41) is 13.1. The molecule has 4 aromatic carbocycles. The number of benzene rings is 4. The van der Waals surface area contributed by atoms with Crippen molar-refractivity contribution in [2.45, 2.75) is 19.1 Å². The molecule has 0 bridgehead atoms. The van der Waals surface area contributed by atoms with Gasteiger partial charge in [-0.2, -0.15) is 13.2 Å². The Balaban J connectivity index is 1.57. The lowest BCUT2D eigenvalue weighted by Crippen LogP contribution is -2.07. The zero-order chi connectivity index (χ0) is 27.6. The number of nitrogens with one attached hydrogen (secondary N) is 1. The zero-order valence-corrected chi connectivity index (χ0v) is 21.2. The summed E-state index contributed by atoms with van der Waals surface area (Å²) in [4.78, 5) is 15.7. The van der Waals surface area contributed by atoms with Gasteiger partial charge >= 0.3 is 12.1 Å². The first-order valence-electron chi connectivity index (χ1n) is 12.1. The minimum Gasteiger partial charge on any atom is -0.478 e. The Hall–Kier alpha value is -4.36. The first kappa shape index (κ1) is 26.3. The lowest BCUT2D eigenvalue weighted by atomic mass is 9.91. The van der Waals surface area contributed by atoms with Crippen molar-refractivity contribution < 1.29 is 23.1 Å². The number of para-hydroxylation sites is 1. The van der Waals surface area contributed by atoms with Crippen molar-refractivity contribution in [1.29, 1.82) is 0 Å². The van der Waals surface area contributed by atoms with E-state index in [0.29, 0.717) is 29.6 Å². The van der Waals surface area contributed by atoms with Gasteiger partial charge in [-0.05, 0) is 64.6 Å². The van der Waals surface area contributed by atoms with Gasteiger partial charge < -0.3 is 10.4 Å². The maximum absolute atomic E-state index is 13.8. The van der Waals surface area contributed by atoms with Gasteiger partial charge in [-0.1, -0.05) is 72.3 Å². The number of hydrogen-bond donors (Lipinski definition) is 2. The number of aromatic nitrogens is 1. The average Bonchev–Trinajstić information content (AvgIpc) is 2.92. The second-order valence-electron chi connectivity index (χ2n) is 9.07. The number of hydrogen-bond acceptors (Lipinski definition) is 3. The Morgan fingerprint density at radius 3 is 2.38 bits per heavy atom. The third kappa shape index (κ3) is 5.73. The zero-order valence-electron chi connectivity index (χ0n) is 20.5. The Morgan fingerprint density at radius 1 is 0.897 bits per heavy atom. The number of carboxylic acids is 1. The molecule has 0 atom stereocenters. The summed E-state index contributed by atoms with van der Waals surface area (Å²) in [6, 6.07) is 26.0. The minimum absolute atomic E-state index is 0.00954. The van der Waals surface area contributed by atoms with Gasteiger partial charge in [0.15, 0.2) is 0 Å². The summed E-state index contributed by atoms with van der Waals surface area (Å²) >= 11 is 5.97. The van der Waals surface area contributed by atoms with Crippen LogP contribution in [0.3, 0.4) is 0 Å². The number of carboxylic acid groups (broad SMARTS) is 1. The van der Waals surface area contributed by atoms with Crippen LogP contribution in [0.2, 0.25) is 5.02 Å². The molecule has 1 heterocycles. The van der Waals surface area contributed by atoms with Gasteiger partial charge in [0.1, 0.15) is 0 Å². The van der Waals surface area contributed by atoms with Crippen LogP contribution in [0.1, 0.15) is 32.6 Å². The number of halogens is 4. The SMILES string of the molecule is O=C(O)c1cc(NCc2cccc(-c3c(Cc4ccccc4)cnc4c(C(F)(F)F)cccc34)c2)ccc1Cl. The molecule has 0 radical (unpaired) electrons.